The van der Waals surface area contributed by atoms with Gasteiger partial charge in [0.15, 0.2) is 0 Å². The molecule has 0 aliphatic carbocycles. The van der Waals surface area contributed by atoms with Crippen molar-refractivity contribution in [2.75, 3.05) is 18.9 Å². The van der Waals surface area contributed by atoms with Crippen molar-refractivity contribution in [2.45, 2.75) is 25.1 Å². The lowest BCUT2D eigenvalue weighted by atomic mass is 10.1. The summed E-state index contributed by atoms with van der Waals surface area (Å²) < 4.78 is 12.5. The van der Waals surface area contributed by atoms with Gasteiger partial charge in [-0.25, -0.2) is 9.48 Å². The van der Waals surface area contributed by atoms with E-state index >= 15 is 0 Å². The molecule has 2 atom stereocenters. The fourth-order valence-electron chi connectivity index (χ4n) is 2.56. The molecular weight excluding hydrogens is 344 g/mol. The number of anilines is 1. The first kappa shape index (κ1) is 17.6. The fraction of sp³-hybridized carbons (Fsp3) is 0.400. The van der Waals surface area contributed by atoms with Crippen molar-refractivity contribution in [3.05, 3.63) is 29.8 Å². The first-order valence-corrected chi connectivity index (χ1v) is 7.91. The van der Waals surface area contributed by atoms with Crippen LogP contribution in [0.3, 0.4) is 0 Å². The Labute approximate surface area is 148 Å². The highest BCUT2D eigenvalue weighted by molar-refractivity contribution is 5.87. The summed E-state index contributed by atoms with van der Waals surface area (Å²) in [7, 11) is 0. The van der Waals surface area contributed by atoms with E-state index in [1.807, 2.05) is 0 Å². The monoisotopic (exact) mass is 362 g/mol. The minimum absolute atomic E-state index is 0.0541. The highest BCUT2D eigenvalue weighted by atomic mass is 16.5. The number of nitrogens with one attached hydrogen (secondary N) is 1. The maximum absolute atomic E-state index is 12.2. The lowest BCUT2D eigenvalue weighted by Gasteiger charge is -2.32. The van der Waals surface area contributed by atoms with Gasteiger partial charge < -0.3 is 25.6 Å². The number of benzene rings is 1. The molecule has 1 saturated heterocycles. The molecule has 138 valence electrons. The Hall–Kier alpha value is -3.21. The predicted octanol–water partition coefficient (Wildman–Crippen LogP) is -0.694. The summed E-state index contributed by atoms with van der Waals surface area (Å²) in [6, 6.07) is 5.77. The molecule has 1 amide bonds. The second-order valence-corrected chi connectivity index (χ2v) is 5.72. The molecule has 3 rings (SSSR count). The molecule has 2 heterocycles. The molecule has 0 saturated carbocycles. The topological polar surface area (TPSA) is 154 Å². The maximum atomic E-state index is 12.2. The molecule has 0 bridgehead atoms. The number of carbonyl (C=O) groups is 2. The van der Waals surface area contributed by atoms with Crippen LogP contribution in [0.2, 0.25) is 0 Å². The van der Waals surface area contributed by atoms with Gasteiger partial charge in [0, 0.05) is 6.61 Å². The van der Waals surface area contributed by atoms with E-state index in [0.717, 1.165) is 0 Å². The van der Waals surface area contributed by atoms with E-state index in [9.17, 15) is 9.59 Å². The molecule has 11 nitrogen and oxygen atoms in total. The van der Waals surface area contributed by atoms with Crippen LogP contribution in [0.4, 0.5) is 5.95 Å². The van der Waals surface area contributed by atoms with E-state index < -0.39 is 12.1 Å². The summed E-state index contributed by atoms with van der Waals surface area (Å²) in [5.74, 6) is -0.761. The Kier molecular flexibility index (Phi) is 5.27. The van der Waals surface area contributed by atoms with Crippen molar-refractivity contribution < 1.29 is 24.2 Å². The van der Waals surface area contributed by atoms with Crippen LogP contribution in [0.25, 0.3) is 0 Å². The number of nitrogens with zero attached hydrogens (tertiary/aromatic N) is 4. The van der Waals surface area contributed by atoms with Crippen LogP contribution in [0, 0.1) is 0 Å². The van der Waals surface area contributed by atoms with Crippen LogP contribution in [-0.4, -0.2) is 62.5 Å². The molecule has 0 spiro atoms. The Balaban J connectivity index is 1.61. The van der Waals surface area contributed by atoms with Crippen molar-refractivity contribution in [1.82, 2.24) is 25.5 Å². The van der Waals surface area contributed by atoms with E-state index in [0.29, 0.717) is 25.4 Å². The zero-order valence-corrected chi connectivity index (χ0v) is 13.7. The van der Waals surface area contributed by atoms with Gasteiger partial charge >= 0.3 is 5.97 Å². The zero-order valence-electron chi connectivity index (χ0n) is 13.7. The number of hydrogen-bond donors (Lipinski definition) is 3. The van der Waals surface area contributed by atoms with Gasteiger partial charge in [-0.2, -0.15) is 0 Å². The average Bonchev–Trinajstić information content (AvgIpc) is 3.02. The molecule has 1 aromatic carbocycles. The number of amides is 1. The zero-order chi connectivity index (χ0) is 18.5. The molecule has 0 radical (unpaired) electrons. The number of ether oxygens (including phenoxy) is 2. The van der Waals surface area contributed by atoms with Crippen molar-refractivity contribution in [3.63, 3.8) is 0 Å². The Bertz CT molecular complexity index is 777. The summed E-state index contributed by atoms with van der Waals surface area (Å²) in [5, 5.41) is 22.3. The predicted molar refractivity (Wildman–Crippen MR) is 87.4 cm³/mol. The van der Waals surface area contributed by atoms with E-state index in [-0.39, 0.29) is 30.0 Å². The molecule has 1 fully saturated rings. The summed E-state index contributed by atoms with van der Waals surface area (Å²) >= 11 is 0. The molecule has 1 aromatic heterocycles. The van der Waals surface area contributed by atoms with Crippen LogP contribution in [-0.2, 0) is 16.1 Å². The number of tetrazole rings is 1. The van der Waals surface area contributed by atoms with Gasteiger partial charge in [-0.1, -0.05) is 5.10 Å². The van der Waals surface area contributed by atoms with Crippen LogP contribution < -0.4 is 15.8 Å². The number of nitrogens with two attached hydrogens (primary N) is 1. The Morgan fingerprint density at radius 3 is 2.81 bits per heavy atom. The van der Waals surface area contributed by atoms with Gasteiger partial charge in [-0.15, -0.1) is 0 Å². The SMILES string of the molecule is Nc1nnnn1CC(=O)N[C@@H]1CCOC[C@H]1Oc1ccc(C(=O)O)cc1. The highest BCUT2D eigenvalue weighted by Gasteiger charge is 2.29. The first-order chi connectivity index (χ1) is 12.5. The largest absolute Gasteiger partial charge is 0.486 e. The lowest BCUT2D eigenvalue weighted by Crippen LogP contribution is -2.52. The van der Waals surface area contributed by atoms with Gasteiger partial charge in [0.05, 0.1) is 18.2 Å². The second-order valence-electron chi connectivity index (χ2n) is 5.72. The van der Waals surface area contributed by atoms with Crippen LogP contribution in [0.15, 0.2) is 24.3 Å². The van der Waals surface area contributed by atoms with Gasteiger partial charge in [0.2, 0.25) is 11.9 Å². The Morgan fingerprint density at radius 2 is 2.15 bits per heavy atom. The average molecular weight is 362 g/mol. The van der Waals surface area contributed by atoms with Crippen LogP contribution >= 0.6 is 0 Å². The summed E-state index contributed by atoms with van der Waals surface area (Å²) in [4.78, 5) is 23.1. The van der Waals surface area contributed by atoms with E-state index in [2.05, 4.69) is 20.8 Å². The van der Waals surface area contributed by atoms with Gasteiger partial charge in [-0.05, 0) is 41.1 Å². The number of carboxylic acid groups (broad SMARTS) is 1. The number of hydrogen-bond acceptors (Lipinski definition) is 8. The second kappa shape index (κ2) is 7.78. The first-order valence-electron chi connectivity index (χ1n) is 7.91. The smallest absolute Gasteiger partial charge is 0.335 e. The molecule has 0 unspecified atom stereocenters. The minimum Gasteiger partial charge on any atom is -0.486 e. The van der Waals surface area contributed by atoms with E-state index in [4.69, 9.17) is 20.3 Å². The normalized spacial score (nSPS) is 19.7. The third-order valence-electron chi connectivity index (χ3n) is 3.89. The molecule has 11 heteroatoms. The van der Waals surface area contributed by atoms with E-state index in [1.165, 1.54) is 16.8 Å². The molecule has 1 aliphatic rings. The van der Waals surface area contributed by atoms with Crippen molar-refractivity contribution in [2.24, 2.45) is 0 Å². The lowest BCUT2D eigenvalue weighted by molar-refractivity contribution is -0.124. The summed E-state index contributed by atoms with van der Waals surface area (Å²) in [6.45, 7) is 0.699. The molecular formula is C15H18N6O5. The summed E-state index contributed by atoms with van der Waals surface area (Å²) in [5.41, 5.74) is 5.71. The van der Waals surface area contributed by atoms with E-state index in [1.54, 1.807) is 12.1 Å². The fourth-order valence-corrected chi connectivity index (χ4v) is 2.56. The van der Waals surface area contributed by atoms with Crippen LogP contribution in [0.1, 0.15) is 16.8 Å². The molecule has 26 heavy (non-hydrogen) atoms. The third kappa shape index (κ3) is 4.25. The quantitative estimate of drug-likeness (QED) is 0.605. The molecule has 2 aromatic rings. The van der Waals surface area contributed by atoms with Crippen molar-refractivity contribution >= 4 is 17.8 Å². The third-order valence-corrected chi connectivity index (χ3v) is 3.89. The number of rotatable bonds is 6. The molecule has 4 N–H and O–H groups in total. The standard InChI is InChI=1S/C15H18N6O5/c16-15-18-19-20-21(15)7-13(22)17-11-5-6-25-8-12(11)26-10-3-1-9(2-4-10)14(23)24/h1-4,11-12H,5-8H2,(H,17,22)(H,23,24)(H2,16,18,20)/t11-,12-/m1/s1. The number of aromatic nitrogens is 4. The van der Waals surface area contributed by atoms with Gasteiger partial charge in [0.1, 0.15) is 18.4 Å². The highest BCUT2D eigenvalue weighted by Crippen LogP contribution is 2.18. The van der Waals surface area contributed by atoms with Crippen molar-refractivity contribution in [3.8, 4) is 5.75 Å². The van der Waals surface area contributed by atoms with Gasteiger partial charge in [-0.3, -0.25) is 4.79 Å². The maximum Gasteiger partial charge on any atom is 0.335 e. The number of carbonyl (C=O) groups excluding carboxylic acids is 1. The minimum atomic E-state index is -1.01. The molecule has 1 aliphatic heterocycles. The number of aromatic carboxylic acids is 1. The van der Waals surface area contributed by atoms with Gasteiger partial charge in [0.25, 0.3) is 0 Å². The summed E-state index contributed by atoms with van der Waals surface area (Å²) in [6.07, 6.45) is 0.170. The van der Waals surface area contributed by atoms with Crippen molar-refractivity contribution in [1.29, 1.82) is 0 Å². The number of carboxylic acids is 1. The van der Waals surface area contributed by atoms with Crippen LogP contribution in [0.5, 0.6) is 5.75 Å². The number of nitrogen functional groups attached to an aromatic ring is 1. The Morgan fingerprint density at radius 1 is 1.38 bits per heavy atom.